The summed E-state index contributed by atoms with van der Waals surface area (Å²) in [7, 11) is -3.92. The van der Waals surface area contributed by atoms with E-state index in [0.717, 1.165) is 12.3 Å². The van der Waals surface area contributed by atoms with Crippen molar-refractivity contribution in [1.29, 1.82) is 0 Å². The van der Waals surface area contributed by atoms with Crippen molar-refractivity contribution in [3.63, 3.8) is 0 Å². The minimum absolute atomic E-state index is 0.0648. The number of anilines is 2. The van der Waals surface area contributed by atoms with Crippen molar-refractivity contribution in [1.82, 2.24) is 4.98 Å². The lowest BCUT2D eigenvalue weighted by atomic mass is 10.3. The molecule has 0 spiro atoms. The monoisotopic (exact) mass is 345 g/mol. The normalized spacial score (nSPS) is 11.3. The average molecular weight is 346 g/mol. The lowest BCUT2D eigenvalue weighted by Crippen LogP contribution is -2.15. The third-order valence-corrected chi connectivity index (χ3v) is 4.38. The fourth-order valence-electron chi connectivity index (χ4n) is 1.39. The Balaban J connectivity index is 2.43. The van der Waals surface area contributed by atoms with E-state index in [-0.39, 0.29) is 16.3 Å². The van der Waals surface area contributed by atoms with Crippen molar-refractivity contribution in [2.45, 2.75) is 4.90 Å². The van der Waals surface area contributed by atoms with E-state index in [9.17, 15) is 12.8 Å². The lowest BCUT2D eigenvalue weighted by Gasteiger charge is -2.11. The molecule has 0 aliphatic heterocycles. The zero-order valence-corrected chi connectivity index (χ0v) is 11.9. The number of halogens is 2. The summed E-state index contributed by atoms with van der Waals surface area (Å²) in [5.74, 6) is -0.556. The highest BCUT2D eigenvalue weighted by Crippen LogP contribution is 2.27. The van der Waals surface area contributed by atoms with Gasteiger partial charge in [0.25, 0.3) is 10.0 Å². The Morgan fingerprint density at radius 3 is 2.74 bits per heavy atom. The van der Waals surface area contributed by atoms with Crippen LogP contribution in [0.2, 0.25) is 0 Å². The van der Waals surface area contributed by atoms with Gasteiger partial charge in [-0.3, -0.25) is 9.71 Å². The quantitative estimate of drug-likeness (QED) is 0.894. The summed E-state index contributed by atoms with van der Waals surface area (Å²) in [6.07, 6.45) is 2.51. The SMILES string of the molecule is Nc1ccncc1S(=O)(=O)Nc1cc(F)ccc1Br. The topological polar surface area (TPSA) is 85.1 Å². The molecule has 0 aliphatic carbocycles. The highest BCUT2D eigenvalue weighted by molar-refractivity contribution is 9.10. The van der Waals surface area contributed by atoms with Crippen LogP contribution < -0.4 is 10.5 Å². The Morgan fingerprint density at radius 2 is 2.05 bits per heavy atom. The summed E-state index contributed by atoms with van der Waals surface area (Å²) in [4.78, 5) is 3.55. The fourth-order valence-corrected chi connectivity index (χ4v) is 3.01. The number of nitrogens with one attached hydrogen (secondary N) is 1. The van der Waals surface area contributed by atoms with E-state index in [0.29, 0.717) is 4.47 Å². The van der Waals surface area contributed by atoms with Gasteiger partial charge in [-0.25, -0.2) is 12.8 Å². The van der Waals surface area contributed by atoms with Crippen molar-refractivity contribution < 1.29 is 12.8 Å². The van der Waals surface area contributed by atoms with Gasteiger partial charge in [0.05, 0.1) is 11.4 Å². The molecule has 1 aromatic carbocycles. The van der Waals surface area contributed by atoms with Crippen molar-refractivity contribution in [2.75, 3.05) is 10.5 Å². The van der Waals surface area contributed by atoms with Gasteiger partial charge in [0.15, 0.2) is 0 Å². The molecular weight excluding hydrogens is 337 g/mol. The molecule has 19 heavy (non-hydrogen) atoms. The lowest BCUT2D eigenvalue weighted by molar-refractivity contribution is 0.601. The number of rotatable bonds is 3. The third-order valence-electron chi connectivity index (χ3n) is 2.28. The minimum atomic E-state index is -3.92. The van der Waals surface area contributed by atoms with Gasteiger partial charge < -0.3 is 5.73 Å². The van der Waals surface area contributed by atoms with Crippen LogP contribution in [0.25, 0.3) is 0 Å². The van der Waals surface area contributed by atoms with Crippen LogP contribution in [0, 0.1) is 5.82 Å². The molecule has 0 saturated heterocycles. The summed E-state index contributed by atoms with van der Waals surface area (Å²) in [6, 6.07) is 5.05. The Hall–Kier alpha value is -1.67. The molecule has 0 aliphatic rings. The molecule has 1 heterocycles. The molecule has 5 nitrogen and oxygen atoms in total. The largest absolute Gasteiger partial charge is 0.398 e. The number of nitrogens with zero attached hydrogens (tertiary/aromatic N) is 1. The maximum atomic E-state index is 13.1. The van der Waals surface area contributed by atoms with Crippen LogP contribution in [-0.4, -0.2) is 13.4 Å². The highest BCUT2D eigenvalue weighted by Gasteiger charge is 2.19. The standard InChI is InChI=1S/C11H9BrFN3O2S/c12-8-2-1-7(13)5-10(8)16-19(17,18)11-6-15-4-3-9(11)14/h1-6,16H,(H2,14,15). The zero-order chi connectivity index (χ0) is 14.0. The molecule has 0 radical (unpaired) electrons. The molecule has 0 atom stereocenters. The first-order chi connectivity index (χ1) is 8.90. The molecule has 0 amide bonds. The maximum absolute atomic E-state index is 13.1. The number of sulfonamides is 1. The molecular formula is C11H9BrFN3O2S. The summed E-state index contributed by atoms with van der Waals surface area (Å²) in [5, 5.41) is 0. The van der Waals surface area contributed by atoms with Gasteiger partial charge in [0.2, 0.25) is 0 Å². The van der Waals surface area contributed by atoms with Crippen LogP contribution in [0.15, 0.2) is 46.0 Å². The van der Waals surface area contributed by atoms with Crippen LogP contribution in [0.4, 0.5) is 15.8 Å². The maximum Gasteiger partial charge on any atom is 0.265 e. The molecule has 0 bridgehead atoms. The van der Waals surface area contributed by atoms with E-state index >= 15 is 0 Å². The molecule has 3 N–H and O–H groups in total. The molecule has 100 valence electrons. The number of hydrogen-bond acceptors (Lipinski definition) is 4. The molecule has 0 saturated carbocycles. The Kier molecular flexibility index (Phi) is 3.72. The molecule has 0 unspecified atom stereocenters. The smallest absolute Gasteiger partial charge is 0.265 e. The summed E-state index contributed by atoms with van der Waals surface area (Å²) < 4.78 is 40.0. The van der Waals surface area contributed by atoms with Crippen LogP contribution in [0.5, 0.6) is 0 Å². The van der Waals surface area contributed by atoms with Gasteiger partial charge in [-0.2, -0.15) is 0 Å². The van der Waals surface area contributed by atoms with Crippen molar-refractivity contribution in [3.05, 3.63) is 46.9 Å². The van der Waals surface area contributed by atoms with Crippen molar-refractivity contribution >= 4 is 37.3 Å². The Morgan fingerprint density at radius 1 is 1.32 bits per heavy atom. The molecule has 8 heteroatoms. The summed E-state index contributed by atoms with van der Waals surface area (Å²) in [5.41, 5.74) is 5.73. The minimum Gasteiger partial charge on any atom is -0.398 e. The van der Waals surface area contributed by atoms with Crippen LogP contribution in [0.3, 0.4) is 0 Å². The van der Waals surface area contributed by atoms with E-state index in [1.807, 2.05) is 0 Å². The second-order valence-electron chi connectivity index (χ2n) is 3.64. The van der Waals surface area contributed by atoms with E-state index in [2.05, 4.69) is 25.6 Å². The van der Waals surface area contributed by atoms with E-state index in [1.165, 1.54) is 24.4 Å². The predicted molar refractivity (Wildman–Crippen MR) is 73.6 cm³/mol. The summed E-state index contributed by atoms with van der Waals surface area (Å²) >= 11 is 3.13. The molecule has 1 aromatic heterocycles. The van der Waals surface area contributed by atoms with Gasteiger partial charge in [-0.05, 0) is 40.2 Å². The van der Waals surface area contributed by atoms with E-state index in [1.54, 1.807) is 0 Å². The first-order valence-corrected chi connectivity index (χ1v) is 7.35. The molecule has 2 rings (SSSR count). The van der Waals surface area contributed by atoms with E-state index in [4.69, 9.17) is 5.73 Å². The predicted octanol–water partition coefficient (Wildman–Crippen LogP) is 2.37. The molecule has 2 aromatic rings. The van der Waals surface area contributed by atoms with Crippen molar-refractivity contribution in [2.24, 2.45) is 0 Å². The number of aromatic nitrogens is 1. The fraction of sp³-hybridized carbons (Fsp3) is 0. The van der Waals surface area contributed by atoms with Gasteiger partial charge in [0, 0.05) is 16.9 Å². The molecule has 0 fully saturated rings. The number of benzene rings is 1. The van der Waals surface area contributed by atoms with Gasteiger partial charge in [-0.15, -0.1) is 0 Å². The number of pyridine rings is 1. The van der Waals surface area contributed by atoms with Crippen LogP contribution in [0.1, 0.15) is 0 Å². The second kappa shape index (κ2) is 5.14. The second-order valence-corrected chi connectivity index (χ2v) is 6.15. The van der Waals surface area contributed by atoms with Gasteiger partial charge >= 0.3 is 0 Å². The van der Waals surface area contributed by atoms with Gasteiger partial charge in [0.1, 0.15) is 10.7 Å². The number of hydrogen-bond donors (Lipinski definition) is 2. The Bertz CT molecular complexity index is 722. The first-order valence-electron chi connectivity index (χ1n) is 5.07. The van der Waals surface area contributed by atoms with Crippen LogP contribution in [-0.2, 0) is 10.0 Å². The highest BCUT2D eigenvalue weighted by atomic mass is 79.9. The third kappa shape index (κ3) is 3.02. The first kappa shape index (κ1) is 13.8. The van der Waals surface area contributed by atoms with Gasteiger partial charge in [-0.1, -0.05) is 0 Å². The number of nitrogen functional groups attached to an aromatic ring is 1. The Labute approximate surface area is 117 Å². The zero-order valence-electron chi connectivity index (χ0n) is 9.47. The number of nitrogens with two attached hydrogens (primary N) is 1. The average Bonchev–Trinajstić information content (AvgIpc) is 2.34. The summed E-state index contributed by atoms with van der Waals surface area (Å²) in [6.45, 7) is 0. The van der Waals surface area contributed by atoms with Crippen LogP contribution >= 0.6 is 15.9 Å². The van der Waals surface area contributed by atoms with E-state index < -0.39 is 15.8 Å². The van der Waals surface area contributed by atoms with Crippen molar-refractivity contribution in [3.8, 4) is 0 Å².